The predicted molar refractivity (Wildman–Crippen MR) is 45.5 cm³/mol. The molecular weight excluding hydrogens is 152 g/mol. The number of nitrogens with zero attached hydrogens (tertiary/aromatic N) is 3. The summed E-state index contributed by atoms with van der Waals surface area (Å²) < 4.78 is 1.77. The summed E-state index contributed by atoms with van der Waals surface area (Å²) in [6.45, 7) is 2.02. The van der Waals surface area contributed by atoms with Gasteiger partial charge in [0.15, 0.2) is 0 Å². The first-order chi connectivity index (χ1) is 5.77. The zero-order valence-corrected chi connectivity index (χ0v) is 7.07. The molecule has 0 aliphatic carbocycles. The van der Waals surface area contributed by atoms with Crippen LogP contribution in [0.3, 0.4) is 0 Å². The monoisotopic (exact) mass is 162 g/mol. The Kier molecular flexibility index (Phi) is 1.46. The van der Waals surface area contributed by atoms with Crippen LogP contribution >= 0.6 is 0 Å². The van der Waals surface area contributed by atoms with Crippen LogP contribution in [0, 0.1) is 6.92 Å². The first kappa shape index (κ1) is 7.09. The Morgan fingerprint density at radius 2 is 2.25 bits per heavy atom. The maximum Gasteiger partial charge on any atom is 0.0710 e. The molecule has 0 unspecified atom stereocenters. The Hall–Kier alpha value is -1.58. The summed E-state index contributed by atoms with van der Waals surface area (Å²) in [6, 6.07) is 0. The molecule has 0 amide bonds. The third-order valence-electron chi connectivity index (χ3n) is 1.82. The first-order valence-corrected chi connectivity index (χ1v) is 3.76. The van der Waals surface area contributed by atoms with Crippen molar-refractivity contribution in [1.29, 1.82) is 0 Å². The van der Waals surface area contributed by atoms with E-state index in [1.54, 1.807) is 4.68 Å². The van der Waals surface area contributed by atoms with E-state index < -0.39 is 0 Å². The van der Waals surface area contributed by atoms with E-state index in [-0.39, 0.29) is 0 Å². The summed E-state index contributed by atoms with van der Waals surface area (Å²) in [5.74, 6) is 0. The molecule has 2 rings (SSSR count). The standard InChI is InChI=1S/C8H10N4/c1-6-3-9-11-8(6)7-4-10-12(2)5-7/h3-5H,1-2H3,(H,9,11). The largest absolute Gasteiger partial charge is 0.277 e. The highest BCUT2D eigenvalue weighted by atomic mass is 15.2. The minimum Gasteiger partial charge on any atom is -0.277 e. The van der Waals surface area contributed by atoms with Gasteiger partial charge < -0.3 is 0 Å². The highest BCUT2D eigenvalue weighted by Crippen LogP contribution is 2.18. The Labute approximate surface area is 70.2 Å². The zero-order valence-electron chi connectivity index (χ0n) is 7.07. The van der Waals surface area contributed by atoms with Crippen LogP contribution in [-0.2, 0) is 7.05 Å². The fourth-order valence-electron chi connectivity index (χ4n) is 1.19. The van der Waals surface area contributed by atoms with E-state index in [0.717, 1.165) is 16.8 Å². The van der Waals surface area contributed by atoms with Crippen LogP contribution in [0.15, 0.2) is 18.6 Å². The molecule has 0 saturated heterocycles. The Morgan fingerprint density at radius 3 is 2.75 bits per heavy atom. The average molecular weight is 162 g/mol. The van der Waals surface area contributed by atoms with Crippen LogP contribution < -0.4 is 0 Å². The van der Waals surface area contributed by atoms with Crippen LogP contribution in [0.4, 0.5) is 0 Å². The molecule has 0 radical (unpaired) electrons. The van der Waals surface area contributed by atoms with Gasteiger partial charge in [-0.3, -0.25) is 9.78 Å². The molecule has 2 aromatic heterocycles. The summed E-state index contributed by atoms with van der Waals surface area (Å²) >= 11 is 0. The van der Waals surface area contributed by atoms with E-state index in [4.69, 9.17) is 0 Å². The van der Waals surface area contributed by atoms with E-state index in [1.807, 2.05) is 32.6 Å². The summed E-state index contributed by atoms with van der Waals surface area (Å²) in [4.78, 5) is 0. The van der Waals surface area contributed by atoms with Crippen LogP contribution in [-0.4, -0.2) is 20.0 Å². The summed E-state index contributed by atoms with van der Waals surface area (Å²) in [6.07, 6.45) is 5.59. The van der Waals surface area contributed by atoms with Crippen molar-refractivity contribution in [2.45, 2.75) is 6.92 Å². The fraction of sp³-hybridized carbons (Fsp3) is 0.250. The van der Waals surface area contributed by atoms with E-state index in [2.05, 4.69) is 15.3 Å². The SMILES string of the molecule is Cc1cn[nH]c1-c1cnn(C)c1. The van der Waals surface area contributed by atoms with E-state index in [0.29, 0.717) is 0 Å². The van der Waals surface area contributed by atoms with Gasteiger partial charge in [0.2, 0.25) is 0 Å². The number of H-pyrrole nitrogens is 1. The molecule has 2 aromatic rings. The molecule has 0 saturated carbocycles. The van der Waals surface area contributed by atoms with Gasteiger partial charge in [-0.2, -0.15) is 10.2 Å². The van der Waals surface area contributed by atoms with Crippen molar-refractivity contribution in [1.82, 2.24) is 20.0 Å². The number of hydrogen-bond donors (Lipinski definition) is 1. The van der Waals surface area contributed by atoms with Crippen molar-refractivity contribution < 1.29 is 0 Å². The molecule has 0 fully saturated rings. The predicted octanol–water partition coefficient (Wildman–Crippen LogP) is 1.12. The van der Waals surface area contributed by atoms with Gasteiger partial charge in [-0.25, -0.2) is 0 Å². The maximum absolute atomic E-state index is 4.08. The van der Waals surface area contributed by atoms with E-state index in [1.165, 1.54) is 0 Å². The fourth-order valence-corrected chi connectivity index (χ4v) is 1.19. The second kappa shape index (κ2) is 2.48. The highest BCUT2D eigenvalue weighted by molar-refractivity contribution is 5.60. The molecule has 0 spiro atoms. The molecule has 2 heterocycles. The number of nitrogens with one attached hydrogen (secondary N) is 1. The minimum absolute atomic E-state index is 1.04. The van der Waals surface area contributed by atoms with Gasteiger partial charge in [0, 0.05) is 18.8 Å². The van der Waals surface area contributed by atoms with Crippen molar-refractivity contribution >= 4 is 0 Å². The Bertz CT molecular complexity index is 385. The molecule has 62 valence electrons. The third-order valence-corrected chi connectivity index (χ3v) is 1.82. The number of aryl methyl sites for hydroxylation is 2. The summed E-state index contributed by atoms with van der Waals surface area (Å²) in [5.41, 5.74) is 3.26. The molecule has 12 heavy (non-hydrogen) atoms. The molecule has 0 atom stereocenters. The van der Waals surface area contributed by atoms with Crippen LogP contribution in [0.25, 0.3) is 11.3 Å². The second-order valence-electron chi connectivity index (χ2n) is 2.83. The number of aromatic amines is 1. The van der Waals surface area contributed by atoms with Gasteiger partial charge in [0.1, 0.15) is 0 Å². The van der Waals surface area contributed by atoms with Gasteiger partial charge in [-0.05, 0) is 12.5 Å². The topological polar surface area (TPSA) is 46.5 Å². The lowest BCUT2D eigenvalue weighted by Crippen LogP contribution is -1.84. The van der Waals surface area contributed by atoms with Gasteiger partial charge >= 0.3 is 0 Å². The average Bonchev–Trinajstić information content (AvgIpc) is 2.58. The van der Waals surface area contributed by atoms with Crippen molar-refractivity contribution in [3.05, 3.63) is 24.2 Å². The van der Waals surface area contributed by atoms with Gasteiger partial charge in [-0.15, -0.1) is 0 Å². The molecule has 0 aliphatic rings. The third kappa shape index (κ3) is 1.01. The smallest absolute Gasteiger partial charge is 0.0710 e. The zero-order chi connectivity index (χ0) is 8.55. The Balaban J connectivity index is 2.50. The lowest BCUT2D eigenvalue weighted by molar-refractivity contribution is 0.768. The molecular formula is C8H10N4. The van der Waals surface area contributed by atoms with Gasteiger partial charge in [-0.1, -0.05) is 0 Å². The van der Waals surface area contributed by atoms with Crippen LogP contribution in [0.1, 0.15) is 5.56 Å². The number of rotatable bonds is 1. The molecule has 4 nitrogen and oxygen atoms in total. The van der Waals surface area contributed by atoms with Crippen molar-refractivity contribution in [2.75, 3.05) is 0 Å². The van der Waals surface area contributed by atoms with Gasteiger partial charge in [0.25, 0.3) is 0 Å². The second-order valence-corrected chi connectivity index (χ2v) is 2.83. The number of aromatic nitrogens is 4. The lowest BCUT2D eigenvalue weighted by atomic mass is 10.2. The number of hydrogen-bond acceptors (Lipinski definition) is 2. The van der Waals surface area contributed by atoms with Crippen LogP contribution in [0.2, 0.25) is 0 Å². The molecule has 1 N–H and O–H groups in total. The summed E-state index contributed by atoms with van der Waals surface area (Å²) in [7, 11) is 1.90. The van der Waals surface area contributed by atoms with Crippen molar-refractivity contribution in [3.8, 4) is 11.3 Å². The van der Waals surface area contributed by atoms with E-state index in [9.17, 15) is 0 Å². The van der Waals surface area contributed by atoms with Gasteiger partial charge in [0.05, 0.1) is 18.1 Å². The molecule has 0 aromatic carbocycles. The maximum atomic E-state index is 4.08. The normalized spacial score (nSPS) is 10.5. The Morgan fingerprint density at radius 1 is 1.42 bits per heavy atom. The van der Waals surface area contributed by atoms with Crippen molar-refractivity contribution in [3.63, 3.8) is 0 Å². The lowest BCUT2D eigenvalue weighted by Gasteiger charge is -1.91. The molecule has 0 bridgehead atoms. The molecule has 0 aliphatic heterocycles. The van der Waals surface area contributed by atoms with E-state index >= 15 is 0 Å². The van der Waals surface area contributed by atoms with Crippen molar-refractivity contribution in [2.24, 2.45) is 7.05 Å². The first-order valence-electron chi connectivity index (χ1n) is 3.76. The van der Waals surface area contributed by atoms with Crippen LogP contribution in [0.5, 0.6) is 0 Å². The quantitative estimate of drug-likeness (QED) is 0.683. The summed E-state index contributed by atoms with van der Waals surface area (Å²) in [5, 5.41) is 11.0. The molecule has 4 heteroatoms. The minimum atomic E-state index is 1.04. The highest BCUT2D eigenvalue weighted by Gasteiger charge is 2.04.